The number of ether oxygens (including phenoxy) is 2. The fraction of sp³-hybridized carbons (Fsp3) is 0.583. The number of aryl methyl sites for hydroxylation is 3. The monoisotopic (exact) mass is 402 g/mol. The number of allylic oxidation sites excluding steroid dienone is 1. The molecular weight excluding hydrogens is 368 g/mol. The number of aliphatic hydroxyl groups is 1. The van der Waals surface area contributed by atoms with E-state index in [-0.39, 0.29) is 19.6 Å². The molecule has 1 aliphatic rings. The molecule has 0 spiro atoms. The van der Waals surface area contributed by atoms with Crippen molar-refractivity contribution < 1.29 is 24.2 Å². The van der Waals surface area contributed by atoms with Crippen LogP contribution in [0.5, 0.6) is 0 Å². The van der Waals surface area contributed by atoms with Gasteiger partial charge in [-0.1, -0.05) is 50.5 Å². The highest BCUT2D eigenvalue weighted by atomic mass is 16.6. The molecule has 0 aromatic heterocycles. The van der Waals surface area contributed by atoms with E-state index in [9.17, 15) is 14.7 Å². The predicted molar refractivity (Wildman–Crippen MR) is 113 cm³/mol. The zero-order chi connectivity index (χ0) is 21.6. The minimum atomic E-state index is -1.20. The van der Waals surface area contributed by atoms with Crippen LogP contribution in [-0.4, -0.2) is 35.9 Å². The maximum Gasteiger partial charge on any atom is 0.338 e. The summed E-state index contributed by atoms with van der Waals surface area (Å²) in [7, 11) is 0. The molecule has 29 heavy (non-hydrogen) atoms. The lowest BCUT2D eigenvalue weighted by Crippen LogP contribution is -2.39. The third kappa shape index (κ3) is 5.69. The maximum absolute atomic E-state index is 12.7. The molecule has 1 saturated heterocycles. The molecule has 0 aliphatic carbocycles. The zero-order valence-corrected chi connectivity index (χ0v) is 18.3. The first-order valence-electron chi connectivity index (χ1n) is 10.5. The SMILES string of the molecule is CCCCC(/C=C1\CC(CO)(COC(=O)c2c(C)cc(C)cc2C)OC1=O)CC. The number of hydrogen-bond acceptors (Lipinski definition) is 5. The maximum atomic E-state index is 12.7. The van der Waals surface area contributed by atoms with Crippen LogP contribution in [0, 0.1) is 26.7 Å². The Morgan fingerprint density at radius 2 is 1.93 bits per heavy atom. The number of carbonyl (C=O) groups excluding carboxylic acids is 2. The van der Waals surface area contributed by atoms with Crippen molar-refractivity contribution >= 4 is 11.9 Å². The van der Waals surface area contributed by atoms with Crippen LogP contribution in [0.3, 0.4) is 0 Å². The van der Waals surface area contributed by atoms with Crippen molar-refractivity contribution in [2.75, 3.05) is 13.2 Å². The standard InChI is InChI=1S/C24H34O5/c1-6-8-9-19(7-2)12-20-13-24(14-25,29-22(20)26)15-28-23(27)21-17(4)10-16(3)11-18(21)5/h10-12,19,25H,6-9,13-15H2,1-5H3/b20-12+. The summed E-state index contributed by atoms with van der Waals surface area (Å²) in [5.41, 5.74) is 2.66. The average Bonchev–Trinajstić information content (AvgIpc) is 2.98. The predicted octanol–water partition coefficient (Wildman–Crippen LogP) is 4.59. The smallest absolute Gasteiger partial charge is 0.338 e. The lowest BCUT2D eigenvalue weighted by atomic mass is 9.93. The molecule has 1 aromatic rings. The summed E-state index contributed by atoms with van der Waals surface area (Å²) in [6, 6.07) is 3.87. The molecule has 2 atom stereocenters. The number of hydrogen-bond donors (Lipinski definition) is 1. The Morgan fingerprint density at radius 1 is 1.28 bits per heavy atom. The molecule has 1 N–H and O–H groups in total. The molecule has 5 heteroatoms. The number of cyclic esters (lactones) is 1. The van der Waals surface area contributed by atoms with Crippen LogP contribution in [0.15, 0.2) is 23.8 Å². The van der Waals surface area contributed by atoms with E-state index in [0.717, 1.165) is 42.4 Å². The van der Waals surface area contributed by atoms with Crippen molar-refractivity contribution in [3.05, 3.63) is 46.0 Å². The normalized spacial score (nSPS) is 21.3. The Kier molecular flexibility index (Phi) is 8.03. The molecular formula is C24H34O5. The Labute approximate surface area is 174 Å². The van der Waals surface area contributed by atoms with Crippen LogP contribution in [0.25, 0.3) is 0 Å². The first-order valence-corrected chi connectivity index (χ1v) is 10.5. The van der Waals surface area contributed by atoms with Crippen molar-refractivity contribution in [1.82, 2.24) is 0 Å². The lowest BCUT2D eigenvalue weighted by Gasteiger charge is -2.24. The molecule has 0 bridgehead atoms. The second kappa shape index (κ2) is 10.1. The fourth-order valence-electron chi connectivity index (χ4n) is 3.99. The van der Waals surface area contributed by atoms with Gasteiger partial charge in [0, 0.05) is 12.0 Å². The molecule has 160 valence electrons. The van der Waals surface area contributed by atoms with E-state index in [1.807, 2.05) is 39.0 Å². The number of carbonyl (C=O) groups is 2. The molecule has 1 aromatic carbocycles. The molecule has 0 amide bonds. The first kappa shape index (κ1) is 23.1. The molecule has 1 aliphatic heterocycles. The van der Waals surface area contributed by atoms with Crippen LogP contribution in [0.2, 0.25) is 0 Å². The van der Waals surface area contributed by atoms with Gasteiger partial charge in [-0.15, -0.1) is 0 Å². The van der Waals surface area contributed by atoms with Gasteiger partial charge >= 0.3 is 11.9 Å². The van der Waals surface area contributed by atoms with Crippen LogP contribution in [0.1, 0.15) is 73.0 Å². The number of aliphatic hydroxyl groups excluding tert-OH is 1. The second-order valence-electron chi connectivity index (χ2n) is 8.26. The summed E-state index contributed by atoms with van der Waals surface area (Å²) in [5, 5.41) is 9.92. The Morgan fingerprint density at radius 3 is 2.48 bits per heavy atom. The van der Waals surface area contributed by atoms with Crippen LogP contribution < -0.4 is 0 Å². The van der Waals surface area contributed by atoms with Crippen molar-refractivity contribution in [2.45, 2.75) is 72.3 Å². The van der Waals surface area contributed by atoms with Crippen molar-refractivity contribution in [1.29, 1.82) is 0 Å². The average molecular weight is 403 g/mol. The highest BCUT2D eigenvalue weighted by Crippen LogP contribution is 2.33. The summed E-state index contributed by atoms with van der Waals surface area (Å²) >= 11 is 0. The fourth-order valence-corrected chi connectivity index (χ4v) is 3.99. The molecule has 0 radical (unpaired) electrons. The van der Waals surface area contributed by atoms with E-state index in [1.165, 1.54) is 0 Å². The molecule has 2 unspecified atom stereocenters. The van der Waals surface area contributed by atoms with E-state index in [4.69, 9.17) is 9.47 Å². The van der Waals surface area contributed by atoms with E-state index in [2.05, 4.69) is 13.8 Å². The summed E-state index contributed by atoms with van der Waals surface area (Å²) < 4.78 is 11.0. The second-order valence-corrected chi connectivity index (χ2v) is 8.26. The van der Waals surface area contributed by atoms with E-state index in [1.54, 1.807) is 0 Å². The van der Waals surface area contributed by atoms with Crippen LogP contribution in [-0.2, 0) is 14.3 Å². The van der Waals surface area contributed by atoms with Crippen molar-refractivity contribution in [2.24, 2.45) is 5.92 Å². The molecule has 2 rings (SSSR count). The minimum Gasteiger partial charge on any atom is -0.458 e. The summed E-state index contributed by atoms with van der Waals surface area (Å²) in [5.74, 6) is -0.573. The van der Waals surface area contributed by atoms with Gasteiger partial charge in [0.05, 0.1) is 12.2 Å². The third-order valence-corrected chi connectivity index (χ3v) is 5.61. The molecule has 5 nitrogen and oxygen atoms in total. The van der Waals surface area contributed by atoms with Gasteiger partial charge in [0.1, 0.15) is 6.61 Å². The van der Waals surface area contributed by atoms with Gasteiger partial charge in [-0.25, -0.2) is 9.59 Å². The van der Waals surface area contributed by atoms with Crippen LogP contribution in [0.4, 0.5) is 0 Å². The van der Waals surface area contributed by atoms with Gasteiger partial charge < -0.3 is 14.6 Å². The van der Waals surface area contributed by atoms with Gasteiger partial charge in [0.25, 0.3) is 0 Å². The highest BCUT2D eigenvalue weighted by molar-refractivity contribution is 5.93. The van der Waals surface area contributed by atoms with Gasteiger partial charge in [-0.2, -0.15) is 0 Å². The quantitative estimate of drug-likeness (QED) is 0.483. The number of esters is 2. The third-order valence-electron chi connectivity index (χ3n) is 5.61. The largest absolute Gasteiger partial charge is 0.458 e. The number of rotatable bonds is 9. The molecule has 0 saturated carbocycles. The minimum absolute atomic E-state index is 0.163. The summed E-state index contributed by atoms with van der Waals surface area (Å²) in [4.78, 5) is 25.1. The van der Waals surface area contributed by atoms with Gasteiger partial charge in [0.2, 0.25) is 0 Å². The molecule has 1 heterocycles. The lowest BCUT2D eigenvalue weighted by molar-refractivity contribution is -0.154. The van der Waals surface area contributed by atoms with Crippen LogP contribution >= 0.6 is 0 Å². The Bertz CT molecular complexity index is 756. The van der Waals surface area contributed by atoms with Gasteiger partial charge in [-0.3, -0.25) is 0 Å². The summed E-state index contributed by atoms with van der Waals surface area (Å²) in [6.07, 6.45) is 6.42. The van der Waals surface area contributed by atoms with E-state index in [0.29, 0.717) is 17.1 Å². The van der Waals surface area contributed by atoms with Crippen molar-refractivity contribution in [3.8, 4) is 0 Å². The van der Waals surface area contributed by atoms with E-state index >= 15 is 0 Å². The van der Waals surface area contributed by atoms with E-state index < -0.39 is 17.5 Å². The topological polar surface area (TPSA) is 72.8 Å². The number of unbranched alkanes of at least 4 members (excludes halogenated alkanes) is 1. The zero-order valence-electron chi connectivity index (χ0n) is 18.3. The molecule has 1 fully saturated rings. The van der Waals surface area contributed by atoms with Crippen molar-refractivity contribution in [3.63, 3.8) is 0 Å². The Hall–Kier alpha value is -2.14. The highest BCUT2D eigenvalue weighted by Gasteiger charge is 2.45. The summed E-state index contributed by atoms with van der Waals surface area (Å²) in [6.45, 7) is 9.42. The van der Waals surface area contributed by atoms with Gasteiger partial charge in [0.15, 0.2) is 5.60 Å². The van der Waals surface area contributed by atoms with Gasteiger partial charge in [-0.05, 0) is 50.7 Å². The Balaban J connectivity index is 2.11. The first-order chi connectivity index (χ1) is 13.7. The number of benzene rings is 1.